The lowest BCUT2D eigenvalue weighted by atomic mass is 10.1. The molecular formula is C13H11BrF2N2O2. The zero-order chi connectivity index (χ0) is 14.9. The van der Waals surface area contributed by atoms with E-state index in [2.05, 4.69) is 25.9 Å². The molecule has 2 aromatic rings. The number of aryl methyl sites for hydroxylation is 1. The van der Waals surface area contributed by atoms with Crippen LogP contribution in [0.1, 0.15) is 11.3 Å². The van der Waals surface area contributed by atoms with Crippen LogP contribution >= 0.6 is 15.9 Å². The van der Waals surface area contributed by atoms with E-state index in [1.165, 1.54) is 6.07 Å². The second-order valence-corrected chi connectivity index (χ2v) is 4.97. The van der Waals surface area contributed by atoms with Gasteiger partial charge in [0.15, 0.2) is 11.6 Å². The van der Waals surface area contributed by atoms with E-state index in [9.17, 15) is 13.6 Å². The van der Waals surface area contributed by atoms with Crippen molar-refractivity contribution in [2.75, 3.05) is 6.61 Å². The SMILES string of the molecule is Cc1nc(-c2ccc(F)c(F)c2Br)[nH]c(=O)c1CCO. The summed E-state index contributed by atoms with van der Waals surface area (Å²) in [5, 5.41) is 8.89. The van der Waals surface area contributed by atoms with Gasteiger partial charge in [0, 0.05) is 29.8 Å². The quantitative estimate of drug-likeness (QED) is 0.839. The third-order valence-corrected chi connectivity index (χ3v) is 3.65. The predicted octanol–water partition coefficient (Wildman–Crippen LogP) is 2.32. The lowest BCUT2D eigenvalue weighted by molar-refractivity contribution is 0.298. The Kier molecular flexibility index (Phi) is 4.29. The van der Waals surface area contributed by atoms with E-state index < -0.39 is 17.2 Å². The first-order valence-corrected chi connectivity index (χ1v) is 6.59. The molecule has 20 heavy (non-hydrogen) atoms. The summed E-state index contributed by atoms with van der Waals surface area (Å²) >= 11 is 2.95. The number of H-pyrrole nitrogens is 1. The van der Waals surface area contributed by atoms with Gasteiger partial charge in [0.2, 0.25) is 0 Å². The fourth-order valence-electron chi connectivity index (χ4n) is 1.85. The van der Waals surface area contributed by atoms with Crippen LogP contribution in [0.5, 0.6) is 0 Å². The number of rotatable bonds is 3. The zero-order valence-electron chi connectivity index (χ0n) is 10.5. The van der Waals surface area contributed by atoms with Gasteiger partial charge in [0.05, 0.1) is 4.47 Å². The molecule has 1 aromatic carbocycles. The molecule has 1 heterocycles. The molecule has 0 saturated heterocycles. The van der Waals surface area contributed by atoms with Crippen molar-refractivity contribution in [3.8, 4) is 11.4 Å². The zero-order valence-corrected chi connectivity index (χ0v) is 12.1. The first-order chi connectivity index (χ1) is 9.45. The highest BCUT2D eigenvalue weighted by molar-refractivity contribution is 9.10. The molecule has 0 spiro atoms. The second kappa shape index (κ2) is 5.80. The molecule has 0 saturated carbocycles. The van der Waals surface area contributed by atoms with Gasteiger partial charge >= 0.3 is 0 Å². The molecule has 0 aliphatic rings. The molecule has 0 bridgehead atoms. The lowest BCUT2D eigenvalue weighted by Crippen LogP contribution is -2.18. The fraction of sp³-hybridized carbons (Fsp3) is 0.231. The molecule has 0 atom stereocenters. The monoisotopic (exact) mass is 344 g/mol. The third-order valence-electron chi connectivity index (χ3n) is 2.87. The van der Waals surface area contributed by atoms with Crippen molar-refractivity contribution in [1.29, 1.82) is 0 Å². The van der Waals surface area contributed by atoms with E-state index in [-0.39, 0.29) is 28.9 Å². The highest BCUT2D eigenvalue weighted by atomic mass is 79.9. The van der Waals surface area contributed by atoms with Gasteiger partial charge in [-0.05, 0) is 35.0 Å². The Morgan fingerprint density at radius 3 is 2.70 bits per heavy atom. The van der Waals surface area contributed by atoms with Crippen LogP contribution in [0.15, 0.2) is 21.4 Å². The minimum atomic E-state index is -1.04. The number of benzene rings is 1. The largest absolute Gasteiger partial charge is 0.396 e. The molecule has 0 fully saturated rings. The van der Waals surface area contributed by atoms with Crippen molar-refractivity contribution in [2.45, 2.75) is 13.3 Å². The molecule has 2 rings (SSSR count). The topological polar surface area (TPSA) is 66.0 Å². The van der Waals surface area contributed by atoms with Gasteiger partial charge in [-0.15, -0.1) is 0 Å². The van der Waals surface area contributed by atoms with Crippen molar-refractivity contribution < 1.29 is 13.9 Å². The van der Waals surface area contributed by atoms with Crippen molar-refractivity contribution in [3.05, 3.63) is 49.9 Å². The Morgan fingerprint density at radius 1 is 1.40 bits per heavy atom. The summed E-state index contributed by atoms with van der Waals surface area (Å²) in [4.78, 5) is 18.6. The minimum Gasteiger partial charge on any atom is -0.396 e. The van der Waals surface area contributed by atoms with Gasteiger partial charge in [-0.3, -0.25) is 4.79 Å². The van der Waals surface area contributed by atoms with Gasteiger partial charge in [0.1, 0.15) is 5.82 Å². The minimum absolute atomic E-state index is 0.102. The molecule has 0 aliphatic heterocycles. The van der Waals surface area contributed by atoms with Crippen LogP contribution in [0.3, 0.4) is 0 Å². The number of nitrogens with zero attached hydrogens (tertiary/aromatic N) is 1. The smallest absolute Gasteiger partial charge is 0.254 e. The Bertz CT molecular complexity index is 716. The number of nitrogens with one attached hydrogen (secondary N) is 1. The molecule has 0 aliphatic carbocycles. The maximum atomic E-state index is 13.5. The fourth-order valence-corrected chi connectivity index (χ4v) is 2.36. The van der Waals surface area contributed by atoms with Crippen LogP contribution in [-0.4, -0.2) is 21.7 Å². The standard InChI is InChI=1S/C13H11BrF2N2O2/c1-6-7(4-5-19)13(20)18-12(17-6)8-2-3-9(15)11(16)10(8)14/h2-3,19H,4-5H2,1H3,(H,17,18,20). The Hall–Kier alpha value is -1.60. The average molecular weight is 345 g/mol. The van der Waals surface area contributed by atoms with Crippen LogP contribution in [0, 0.1) is 18.6 Å². The van der Waals surface area contributed by atoms with Gasteiger partial charge in [-0.1, -0.05) is 0 Å². The number of aromatic nitrogens is 2. The van der Waals surface area contributed by atoms with E-state index >= 15 is 0 Å². The Labute approximate surface area is 121 Å². The van der Waals surface area contributed by atoms with Crippen molar-refractivity contribution in [1.82, 2.24) is 9.97 Å². The van der Waals surface area contributed by atoms with Crippen molar-refractivity contribution in [3.63, 3.8) is 0 Å². The molecule has 4 nitrogen and oxygen atoms in total. The lowest BCUT2D eigenvalue weighted by Gasteiger charge is -2.08. The average Bonchev–Trinajstić information content (AvgIpc) is 2.40. The van der Waals surface area contributed by atoms with Crippen LogP contribution in [-0.2, 0) is 6.42 Å². The maximum Gasteiger partial charge on any atom is 0.254 e. The van der Waals surface area contributed by atoms with Crippen molar-refractivity contribution >= 4 is 15.9 Å². The summed E-state index contributed by atoms with van der Waals surface area (Å²) in [5.74, 6) is -1.89. The first-order valence-electron chi connectivity index (χ1n) is 5.80. The third kappa shape index (κ3) is 2.64. The summed E-state index contributed by atoms with van der Waals surface area (Å²) in [7, 11) is 0. The summed E-state index contributed by atoms with van der Waals surface area (Å²) in [5.41, 5.74) is 0.655. The van der Waals surface area contributed by atoms with Crippen LogP contribution in [0.2, 0.25) is 0 Å². The van der Waals surface area contributed by atoms with E-state index in [1.54, 1.807) is 6.92 Å². The van der Waals surface area contributed by atoms with E-state index in [0.717, 1.165) is 6.07 Å². The normalized spacial score (nSPS) is 10.8. The number of halogens is 3. The molecule has 7 heteroatoms. The molecule has 2 N–H and O–H groups in total. The van der Waals surface area contributed by atoms with Gasteiger partial charge in [0.25, 0.3) is 5.56 Å². The number of aliphatic hydroxyl groups is 1. The Morgan fingerprint density at radius 2 is 2.10 bits per heavy atom. The number of aliphatic hydroxyl groups excluding tert-OH is 1. The van der Waals surface area contributed by atoms with Crippen LogP contribution < -0.4 is 5.56 Å². The number of hydrogen-bond donors (Lipinski definition) is 2. The van der Waals surface area contributed by atoms with Gasteiger partial charge < -0.3 is 10.1 Å². The van der Waals surface area contributed by atoms with Crippen molar-refractivity contribution in [2.24, 2.45) is 0 Å². The molecule has 0 radical (unpaired) electrons. The van der Waals surface area contributed by atoms with Crippen LogP contribution in [0.25, 0.3) is 11.4 Å². The molecule has 0 unspecified atom stereocenters. The van der Waals surface area contributed by atoms with Gasteiger partial charge in [-0.25, -0.2) is 13.8 Å². The van der Waals surface area contributed by atoms with E-state index in [4.69, 9.17) is 5.11 Å². The Balaban J connectivity index is 2.60. The molecular weight excluding hydrogens is 334 g/mol. The maximum absolute atomic E-state index is 13.5. The van der Waals surface area contributed by atoms with E-state index in [0.29, 0.717) is 11.3 Å². The second-order valence-electron chi connectivity index (χ2n) is 4.18. The molecule has 0 amide bonds. The van der Waals surface area contributed by atoms with Gasteiger partial charge in [-0.2, -0.15) is 0 Å². The summed E-state index contributed by atoms with van der Waals surface area (Å²) in [6.45, 7) is 1.46. The number of aromatic amines is 1. The predicted molar refractivity (Wildman–Crippen MR) is 73.4 cm³/mol. The first kappa shape index (κ1) is 14.8. The molecule has 106 valence electrons. The molecule has 1 aromatic heterocycles. The van der Waals surface area contributed by atoms with E-state index in [1.807, 2.05) is 0 Å². The summed E-state index contributed by atoms with van der Waals surface area (Å²) < 4.78 is 26.5. The highest BCUT2D eigenvalue weighted by Crippen LogP contribution is 2.29. The summed E-state index contributed by atoms with van der Waals surface area (Å²) in [6.07, 6.45) is 0.188. The summed E-state index contributed by atoms with van der Waals surface area (Å²) in [6, 6.07) is 2.29. The highest BCUT2D eigenvalue weighted by Gasteiger charge is 2.16. The van der Waals surface area contributed by atoms with Crippen LogP contribution in [0.4, 0.5) is 8.78 Å². The number of hydrogen-bond acceptors (Lipinski definition) is 3.